The highest BCUT2D eigenvalue weighted by atomic mass is 16.7. The van der Waals surface area contributed by atoms with Crippen molar-refractivity contribution in [3.63, 3.8) is 0 Å². The number of nitrogens with one attached hydrogen (secondary N) is 1. The summed E-state index contributed by atoms with van der Waals surface area (Å²) >= 11 is 0. The molecular weight excluding hydrogens is 364 g/mol. The van der Waals surface area contributed by atoms with E-state index in [9.17, 15) is 19.2 Å². The number of rotatable bonds is 8. The fourth-order valence-corrected chi connectivity index (χ4v) is 2.63. The van der Waals surface area contributed by atoms with E-state index in [2.05, 4.69) is 5.32 Å². The van der Waals surface area contributed by atoms with E-state index >= 15 is 0 Å². The molecule has 154 valence electrons. The van der Waals surface area contributed by atoms with E-state index in [-0.39, 0.29) is 19.7 Å². The van der Waals surface area contributed by atoms with E-state index in [4.69, 9.17) is 29.4 Å². The van der Waals surface area contributed by atoms with Crippen LogP contribution in [0.1, 0.15) is 27.7 Å². The summed E-state index contributed by atoms with van der Waals surface area (Å²) in [4.78, 5) is 45.8. The minimum absolute atomic E-state index is 0.241. The lowest BCUT2D eigenvalue weighted by atomic mass is 9.96. The highest BCUT2D eigenvalue weighted by Gasteiger charge is 2.51. The van der Waals surface area contributed by atoms with Crippen molar-refractivity contribution in [1.82, 2.24) is 5.32 Å². The zero-order valence-corrected chi connectivity index (χ0v) is 15.8. The molecule has 0 radical (unpaired) electrons. The molecule has 11 nitrogen and oxygen atoms in total. The van der Waals surface area contributed by atoms with Gasteiger partial charge in [0.15, 0.2) is 12.2 Å². The van der Waals surface area contributed by atoms with Crippen LogP contribution in [0.3, 0.4) is 0 Å². The molecule has 0 aromatic heterocycles. The molecule has 1 fully saturated rings. The van der Waals surface area contributed by atoms with Crippen LogP contribution < -0.4 is 11.1 Å². The third kappa shape index (κ3) is 7.49. The van der Waals surface area contributed by atoms with E-state index in [1.54, 1.807) is 0 Å². The molecule has 1 rings (SSSR count). The Morgan fingerprint density at radius 2 is 1.44 bits per heavy atom. The van der Waals surface area contributed by atoms with Crippen LogP contribution in [0.5, 0.6) is 0 Å². The van der Waals surface area contributed by atoms with E-state index in [0.29, 0.717) is 0 Å². The molecule has 0 bridgehead atoms. The van der Waals surface area contributed by atoms with Crippen LogP contribution in [0.25, 0.3) is 0 Å². The predicted octanol–water partition coefficient (Wildman–Crippen LogP) is -1.38. The van der Waals surface area contributed by atoms with Crippen molar-refractivity contribution in [2.24, 2.45) is 5.73 Å². The molecule has 0 spiro atoms. The minimum Gasteiger partial charge on any atom is -0.463 e. The van der Waals surface area contributed by atoms with Crippen molar-refractivity contribution >= 4 is 23.9 Å². The number of carbonyl (C=O) groups excluding carboxylic acids is 4. The highest BCUT2D eigenvalue weighted by molar-refractivity contribution is 5.68. The predicted molar refractivity (Wildman–Crippen MR) is 89.0 cm³/mol. The fourth-order valence-electron chi connectivity index (χ4n) is 2.63. The van der Waals surface area contributed by atoms with Gasteiger partial charge < -0.3 is 34.7 Å². The zero-order chi connectivity index (χ0) is 20.6. The molecule has 0 aromatic carbocycles. The first kappa shape index (κ1) is 22.8. The average molecular weight is 390 g/mol. The molecule has 1 aliphatic rings. The third-order valence-corrected chi connectivity index (χ3v) is 3.51. The number of nitrogens with two attached hydrogens (primary N) is 1. The van der Waals surface area contributed by atoms with Crippen LogP contribution >= 0.6 is 0 Å². The van der Waals surface area contributed by atoms with Gasteiger partial charge in [0, 0.05) is 40.8 Å². The van der Waals surface area contributed by atoms with Gasteiger partial charge in [-0.2, -0.15) is 0 Å². The summed E-state index contributed by atoms with van der Waals surface area (Å²) in [6.45, 7) is 4.96. The Morgan fingerprint density at radius 3 is 1.93 bits per heavy atom. The molecule has 0 amide bonds. The van der Waals surface area contributed by atoms with Crippen LogP contribution in [0, 0.1) is 0 Å². The molecule has 1 heterocycles. The Balaban J connectivity index is 3.22. The summed E-state index contributed by atoms with van der Waals surface area (Å²) in [5.74, 6) is -2.53. The molecule has 11 heteroatoms. The van der Waals surface area contributed by atoms with Gasteiger partial charge in [-0.05, 0) is 0 Å². The summed E-state index contributed by atoms with van der Waals surface area (Å²) in [5, 5.41) is 2.97. The largest absolute Gasteiger partial charge is 0.463 e. The topological polar surface area (TPSA) is 152 Å². The van der Waals surface area contributed by atoms with Gasteiger partial charge in [0.25, 0.3) is 0 Å². The van der Waals surface area contributed by atoms with Crippen molar-refractivity contribution < 1.29 is 42.9 Å². The zero-order valence-electron chi connectivity index (χ0n) is 15.8. The second kappa shape index (κ2) is 10.8. The van der Waals surface area contributed by atoms with Gasteiger partial charge in [-0.15, -0.1) is 0 Å². The SMILES string of the molecule is CC(=O)OCC1O[C@@H](OC(C)=O)C(NCCN)[C@@H](OC(C)=O)[C@@H]1OC(C)=O. The number of ether oxygens (including phenoxy) is 5. The molecule has 5 atom stereocenters. The van der Waals surface area contributed by atoms with E-state index < -0.39 is 54.5 Å². The van der Waals surface area contributed by atoms with E-state index in [1.165, 1.54) is 27.7 Å². The van der Waals surface area contributed by atoms with Gasteiger partial charge in [-0.25, -0.2) is 0 Å². The maximum absolute atomic E-state index is 11.6. The van der Waals surface area contributed by atoms with Gasteiger partial charge in [-0.1, -0.05) is 0 Å². The summed E-state index contributed by atoms with van der Waals surface area (Å²) in [7, 11) is 0. The quantitative estimate of drug-likeness (QED) is 0.372. The molecule has 0 aromatic rings. The summed E-state index contributed by atoms with van der Waals surface area (Å²) in [6, 6.07) is -0.862. The molecule has 1 saturated heterocycles. The van der Waals surface area contributed by atoms with Gasteiger partial charge in [0.05, 0.1) is 0 Å². The second-order valence-electron chi connectivity index (χ2n) is 5.87. The smallest absolute Gasteiger partial charge is 0.304 e. The van der Waals surface area contributed by atoms with E-state index in [0.717, 1.165) is 0 Å². The van der Waals surface area contributed by atoms with Crippen LogP contribution in [0.15, 0.2) is 0 Å². The Labute approximate surface area is 156 Å². The van der Waals surface area contributed by atoms with Crippen LogP contribution in [0.2, 0.25) is 0 Å². The Hall–Kier alpha value is -2.24. The number of hydrogen-bond donors (Lipinski definition) is 2. The van der Waals surface area contributed by atoms with Gasteiger partial charge >= 0.3 is 23.9 Å². The molecule has 1 aliphatic heterocycles. The second-order valence-corrected chi connectivity index (χ2v) is 5.87. The van der Waals surface area contributed by atoms with Crippen LogP contribution in [-0.4, -0.2) is 74.2 Å². The lowest BCUT2D eigenvalue weighted by Gasteiger charge is -2.44. The van der Waals surface area contributed by atoms with Crippen molar-refractivity contribution in [2.75, 3.05) is 19.7 Å². The van der Waals surface area contributed by atoms with Gasteiger partial charge in [-0.3, -0.25) is 19.2 Å². The minimum atomic E-state index is -1.19. The number of esters is 4. The standard InChI is InChI=1S/C16H26N2O9/c1-8(19)23-7-12-14(24-9(2)20)15(25-10(3)21)13(18-6-5-17)16(27-12)26-11(4)22/h12-16,18H,5-7,17H2,1-4H3/t12?,13?,14-,15-,16-/m1/s1. The molecule has 3 N–H and O–H groups in total. The summed E-state index contributed by atoms with van der Waals surface area (Å²) in [5.41, 5.74) is 5.50. The fraction of sp³-hybridized carbons (Fsp3) is 0.750. The van der Waals surface area contributed by atoms with Crippen molar-refractivity contribution in [2.45, 2.75) is 58.3 Å². The third-order valence-electron chi connectivity index (χ3n) is 3.51. The number of carbonyl (C=O) groups is 4. The first-order chi connectivity index (χ1) is 12.6. The Morgan fingerprint density at radius 1 is 0.889 bits per heavy atom. The maximum atomic E-state index is 11.6. The molecular formula is C16H26N2O9. The average Bonchev–Trinajstić information content (AvgIpc) is 2.53. The van der Waals surface area contributed by atoms with Crippen LogP contribution in [0.4, 0.5) is 0 Å². The first-order valence-electron chi connectivity index (χ1n) is 8.39. The molecule has 0 saturated carbocycles. The Kier molecular flexibility index (Phi) is 9.12. The number of hydrogen-bond acceptors (Lipinski definition) is 11. The van der Waals surface area contributed by atoms with Gasteiger partial charge in [0.1, 0.15) is 18.8 Å². The first-order valence-corrected chi connectivity index (χ1v) is 8.39. The highest BCUT2D eigenvalue weighted by Crippen LogP contribution is 2.27. The maximum Gasteiger partial charge on any atom is 0.304 e. The van der Waals surface area contributed by atoms with Crippen molar-refractivity contribution in [1.29, 1.82) is 0 Å². The van der Waals surface area contributed by atoms with Gasteiger partial charge in [0.2, 0.25) is 6.29 Å². The lowest BCUT2D eigenvalue weighted by Crippen LogP contribution is -2.66. The van der Waals surface area contributed by atoms with E-state index in [1.807, 2.05) is 0 Å². The van der Waals surface area contributed by atoms with Crippen molar-refractivity contribution in [3.8, 4) is 0 Å². The monoisotopic (exact) mass is 390 g/mol. The summed E-state index contributed by atoms with van der Waals surface area (Å²) in [6.07, 6.45) is -4.39. The van der Waals surface area contributed by atoms with Crippen molar-refractivity contribution in [3.05, 3.63) is 0 Å². The summed E-state index contributed by atoms with van der Waals surface area (Å²) < 4.78 is 26.4. The molecule has 27 heavy (non-hydrogen) atoms. The molecule has 0 aliphatic carbocycles. The normalized spacial score (nSPS) is 27.4. The van der Waals surface area contributed by atoms with Crippen LogP contribution in [-0.2, 0) is 42.9 Å². The Bertz CT molecular complexity index is 554. The lowest BCUT2D eigenvalue weighted by molar-refractivity contribution is -0.271. The molecule has 2 unspecified atom stereocenters.